The Hall–Kier alpha value is -2.71. The Morgan fingerprint density at radius 1 is 1.26 bits per heavy atom. The van der Waals surface area contributed by atoms with Crippen LogP contribution in [0.3, 0.4) is 0 Å². The van der Waals surface area contributed by atoms with Gasteiger partial charge in [-0.15, -0.1) is 0 Å². The molecule has 1 aliphatic rings. The lowest BCUT2D eigenvalue weighted by Gasteiger charge is -2.32. The fourth-order valence-corrected chi connectivity index (χ4v) is 4.94. The van der Waals surface area contributed by atoms with Gasteiger partial charge in [0.25, 0.3) is 0 Å². The van der Waals surface area contributed by atoms with Gasteiger partial charge in [-0.05, 0) is 61.6 Å². The Kier molecular flexibility index (Phi) is 8.57. The van der Waals surface area contributed by atoms with Crippen molar-refractivity contribution in [2.75, 3.05) is 20.2 Å². The first-order valence-electron chi connectivity index (χ1n) is 12.2. The Morgan fingerprint density at radius 3 is 2.77 bits per heavy atom. The zero-order valence-electron chi connectivity index (χ0n) is 20.5. The number of aromatic nitrogens is 2. The van der Waals surface area contributed by atoms with Crippen LogP contribution in [0.15, 0.2) is 57.5 Å². The number of piperidine rings is 1. The number of rotatable bonds is 9. The Balaban J connectivity index is 1.38. The molecule has 0 spiro atoms. The molecule has 8 heteroatoms. The van der Waals surface area contributed by atoms with E-state index in [1.165, 1.54) is 0 Å². The van der Waals surface area contributed by atoms with Crippen molar-refractivity contribution in [3.63, 3.8) is 0 Å². The van der Waals surface area contributed by atoms with Crippen LogP contribution in [-0.4, -0.2) is 41.1 Å². The maximum atomic E-state index is 13.3. The summed E-state index contributed by atoms with van der Waals surface area (Å²) in [5, 5.41) is 7.46. The molecule has 1 aliphatic heterocycles. The molecule has 2 atom stereocenters. The van der Waals surface area contributed by atoms with E-state index in [0.29, 0.717) is 30.7 Å². The van der Waals surface area contributed by atoms with Gasteiger partial charge in [-0.1, -0.05) is 59.2 Å². The van der Waals surface area contributed by atoms with Crippen LogP contribution < -0.4 is 10.1 Å². The number of hydrogen-bond donors (Lipinski definition) is 1. The van der Waals surface area contributed by atoms with E-state index in [9.17, 15) is 4.79 Å². The lowest BCUT2D eigenvalue weighted by molar-refractivity contribution is -0.127. The fraction of sp³-hybridized carbons (Fsp3) is 0.444. The number of amides is 1. The van der Waals surface area contributed by atoms with E-state index in [2.05, 4.69) is 50.1 Å². The van der Waals surface area contributed by atoms with E-state index in [1.807, 2.05) is 48.5 Å². The maximum Gasteiger partial charge on any atom is 0.241 e. The third-order valence-corrected chi connectivity index (χ3v) is 6.82. The molecule has 1 saturated heterocycles. The molecule has 2 heterocycles. The SMILES string of the molecule is COc1ccc(C(CC(C)C)NC(=O)C2CCCN(Cc3nc(-c4cccc(Br)c4)no3)C2)cc1. The Morgan fingerprint density at radius 2 is 2.06 bits per heavy atom. The summed E-state index contributed by atoms with van der Waals surface area (Å²) in [6.07, 6.45) is 2.73. The van der Waals surface area contributed by atoms with Crippen LogP contribution in [0.5, 0.6) is 5.75 Å². The minimum Gasteiger partial charge on any atom is -0.497 e. The molecule has 1 fully saturated rings. The van der Waals surface area contributed by atoms with E-state index < -0.39 is 0 Å². The molecule has 2 aromatic carbocycles. The number of carbonyl (C=O) groups excluding carboxylic acids is 1. The van der Waals surface area contributed by atoms with Crippen molar-refractivity contribution in [1.29, 1.82) is 0 Å². The number of nitrogens with one attached hydrogen (secondary N) is 1. The normalized spacial score (nSPS) is 17.3. The van der Waals surface area contributed by atoms with E-state index in [-0.39, 0.29) is 17.9 Å². The number of halogens is 1. The zero-order chi connectivity index (χ0) is 24.8. The van der Waals surface area contributed by atoms with Gasteiger partial charge in [0.05, 0.1) is 25.6 Å². The predicted octanol–water partition coefficient (Wildman–Crippen LogP) is 5.62. The number of benzene rings is 2. The summed E-state index contributed by atoms with van der Waals surface area (Å²) in [5.74, 6) is 2.46. The van der Waals surface area contributed by atoms with Gasteiger partial charge in [-0.25, -0.2) is 0 Å². The summed E-state index contributed by atoms with van der Waals surface area (Å²) in [6, 6.07) is 15.8. The van der Waals surface area contributed by atoms with E-state index >= 15 is 0 Å². The molecule has 3 aromatic rings. The van der Waals surface area contributed by atoms with Crippen molar-refractivity contribution >= 4 is 21.8 Å². The van der Waals surface area contributed by atoms with Crippen LogP contribution in [0.2, 0.25) is 0 Å². The molecule has 7 nitrogen and oxygen atoms in total. The zero-order valence-corrected chi connectivity index (χ0v) is 22.1. The smallest absolute Gasteiger partial charge is 0.241 e. The van der Waals surface area contributed by atoms with Crippen molar-refractivity contribution in [3.05, 3.63) is 64.5 Å². The van der Waals surface area contributed by atoms with Gasteiger partial charge in [0.1, 0.15) is 5.75 Å². The van der Waals surface area contributed by atoms with E-state index in [4.69, 9.17) is 9.26 Å². The highest BCUT2D eigenvalue weighted by Gasteiger charge is 2.29. The van der Waals surface area contributed by atoms with Gasteiger partial charge in [-0.3, -0.25) is 9.69 Å². The summed E-state index contributed by atoms with van der Waals surface area (Å²) >= 11 is 3.48. The van der Waals surface area contributed by atoms with Crippen LogP contribution in [-0.2, 0) is 11.3 Å². The van der Waals surface area contributed by atoms with Crippen molar-refractivity contribution in [3.8, 4) is 17.1 Å². The molecule has 35 heavy (non-hydrogen) atoms. The van der Waals surface area contributed by atoms with Gasteiger partial charge in [0.2, 0.25) is 17.6 Å². The number of likely N-dealkylation sites (tertiary alicyclic amines) is 1. The first kappa shape index (κ1) is 25.4. The van der Waals surface area contributed by atoms with Crippen molar-refractivity contribution in [1.82, 2.24) is 20.4 Å². The number of carbonyl (C=O) groups is 1. The highest BCUT2D eigenvalue weighted by atomic mass is 79.9. The van der Waals surface area contributed by atoms with Gasteiger partial charge < -0.3 is 14.6 Å². The summed E-state index contributed by atoms with van der Waals surface area (Å²) in [5.41, 5.74) is 2.01. The number of methoxy groups -OCH3 is 1. The summed E-state index contributed by atoms with van der Waals surface area (Å²) < 4.78 is 11.8. The molecule has 0 radical (unpaired) electrons. The Bertz CT molecular complexity index is 1120. The van der Waals surface area contributed by atoms with E-state index in [1.54, 1.807) is 7.11 Å². The largest absolute Gasteiger partial charge is 0.497 e. The average molecular weight is 541 g/mol. The molecule has 186 valence electrons. The molecular formula is C27H33BrN4O3. The second kappa shape index (κ2) is 11.8. The summed E-state index contributed by atoms with van der Waals surface area (Å²) in [6.45, 7) is 6.48. The van der Waals surface area contributed by atoms with Gasteiger partial charge in [0, 0.05) is 16.6 Å². The maximum absolute atomic E-state index is 13.3. The molecule has 0 saturated carbocycles. The standard InChI is InChI=1S/C27H33BrN4O3/c1-18(2)14-24(19-9-11-23(34-3)12-10-19)29-27(33)21-7-5-13-32(16-21)17-25-30-26(31-35-25)20-6-4-8-22(28)15-20/h4,6,8-12,15,18,21,24H,5,7,13-14,16-17H2,1-3H3,(H,29,33). The molecule has 1 amide bonds. The predicted molar refractivity (Wildman–Crippen MR) is 139 cm³/mol. The molecule has 1 N–H and O–H groups in total. The number of nitrogens with zero attached hydrogens (tertiary/aromatic N) is 3. The van der Waals surface area contributed by atoms with Crippen LogP contribution in [0.1, 0.15) is 50.6 Å². The summed E-state index contributed by atoms with van der Waals surface area (Å²) in [4.78, 5) is 20.1. The number of ether oxygens (including phenoxy) is 1. The Labute approximate surface area is 215 Å². The topological polar surface area (TPSA) is 80.5 Å². The van der Waals surface area contributed by atoms with Gasteiger partial charge in [-0.2, -0.15) is 4.98 Å². The fourth-order valence-electron chi connectivity index (χ4n) is 4.54. The van der Waals surface area contributed by atoms with Crippen LogP contribution in [0, 0.1) is 11.8 Å². The minimum atomic E-state index is -0.0656. The average Bonchev–Trinajstić information content (AvgIpc) is 3.32. The first-order chi connectivity index (χ1) is 16.9. The molecule has 0 aliphatic carbocycles. The van der Waals surface area contributed by atoms with Crippen molar-refractivity contribution < 1.29 is 14.1 Å². The number of hydrogen-bond acceptors (Lipinski definition) is 6. The van der Waals surface area contributed by atoms with Gasteiger partial charge in [0.15, 0.2) is 0 Å². The minimum absolute atomic E-state index is 0.0209. The highest BCUT2D eigenvalue weighted by Crippen LogP contribution is 2.26. The molecular weight excluding hydrogens is 508 g/mol. The van der Waals surface area contributed by atoms with Crippen LogP contribution in [0.4, 0.5) is 0 Å². The third kappa shape index (κ3) is 6.92. The van der Waals surface area contributed by atoms with Crippen molar-refractivity contribution in [2.45, 2.75) is 45.7 Å². The lowest BCUT2D eigenvalue weighted by Crippen LogP contribution is -2.43. The monoisotopic (exact) mass is 540 g/mol. The van der Waals surface area contributed by atoms with E-state index in [0.717, 1.165) is 47.2 Å². The lowest BCUT2D eigenvalue weighted by atomic mass is 9.93. The second-order valence-electron chi connectivity index (χ2n) is 9.56. The molecule has 0 bridgehead atoms. The van der Waals surface area contributed by atoms with Crippen molar-refractivity contribution in [2.24, 2.45) is 11.8 Å². The van der Waals surface area contributed by atoms with Crippen LogP contribution in [0.25, 0.3) is 11.4 Å². The van der Waals surface area contributed by atoms with Gasteiger partial charge >= 0.3 is 0 Å². The molecule has 2 unspecified atom stereocenters. The molecule has 4 rings (SSSR count). The first-order valence-corrected chi connectivity index (χ1v) is 13.0. The third-order valence-electron chi connectivity index (χ3n) is 6.33. The van der Waals surface area contributed by atoms with Crippen LogP contribution >= 0.6 is 15.9 Å². The quantitative estimate of drug-likeness (QED) is 0.379. The highest BCUT2D eigenvalue weighted by molar-refractivity contribution is 9.10. The second-order valence-corrected chi connectivity index (χ2v) is 10.5. The summed E-state index contributed by atoms with van der Waals surface area (Å²) in [7, 11) is 1.66. The molecule has 1 aromatic heterocycles.